The summed E-state index contributed by atoms with van der Waals surface area (Å²) >= 11 is 6.86. The van der Waals surface area contributed by atoms with Crippen LogP contribution in [0, 0.1) is 0 Å². The summed E-state index contributed by atoms with van der Waals surface area (Å²) in [5.74, 6) is -0.936. The highest BCUT2D eigenvalue weighted by molar-refractivity contribution is 7.17. The molecule has 0 unspecified atom stereocenters. The van der Waals surface area contributed by atoms with E-state index < -0.39 is 5.97 Å². The first-order valence-electron chi connectivity index (χ1n) is 8.35. The molecule has 0 radical (unpaired) electrons. The fraction of sp³-hybridized carbons (Fsp3) is 0.316. The fourth-order valence-electron chi connectivity index (χ4n) is 2.21. The van der Waals surface area contributed by atoms with Gasteiger partial charge in [0.15, 0.2) is 12.4 Å². The van der Waals surface area contributed by atoms with Crippen molar-refractivity contribution in [1.82, 2.24) is 0 Å². The summed E-state index contributed by atoms with van der Waals surface area (Å²) in [5, 5.41) is 2.79. The lowest BCUT2D eigenvalue weighted by molar-refractivity contribution is -0.116. The number of halogens is 1. The van der Waals surface area contributed by atoms with Crippen molar-refractivity contribution in [3.63, 3.8) is 0 Å². The van der Waals surface area contributed by atoms with Crippen molar-refractivity contribution in [1.29, 1.82) is 0 Å². The Balaban J connectivity index is 1.82. The zero-order chi connectivity index (χ0) is 18.9. The molecule has 138 valence electrons. The summed E-state index contributed by atoms with van der Waals surface area (Å²) in [6, 6.07) is 9.66. The summed E-state index contributed by atoms with van der Waals surface area (Å²) < 4.78 is 5.48. The molecule has 1 aromatic carbocycles. The van der Waals surface area contributed by atoms with E-state index in [-0.39, 0.29) is 18.3 Å². The molecule has 0 fully saturated rings. The van der Waals surface area contributed by atoms with Gasteiger partial charge in [-0.05, 0) is 42.8 Å². The number of nitrogens with one attached hydrogen (secondary N) is 1. The molecule has 0 aliphatic rings. The molecule has 0 spiro atoms. The molecule has 5 nitrogen and oxygen atoms in total. The first kappa shape index (κ1) is 20.1. The number of carbonyl (C=O) groups is 3. The second-order valence-corrected chi connectivity index (χ2v) is 7.40. The SMILES string of the molecule is CCCCCC(=O)Nc1ccc(C(=O)COC(=O)c2ccc(Cl)s2)cc1. The highest BCUT2D eigenvalue weighted by Gasteiger charge is 2.14. The van der Waals surface area contributed by atoms with Gasteiger partial charge in [0.05, 0.1) is 4.34 Å². The lowest BCUT2D eigenvalue weighted by Crippen LogP contribution is -2.14. The number of unbranched alkanes of at least 4 members (excludes halogenated alkanes) is 2. The minimum Gasteiger partial charge on any atom is -0.453 e. The molecule has 0 bridgehead atoms. The van der Waals surface area contributed by atoms with Crippen molar-refractivity contribution < 1.29 is 19.1 Å². The third kappa shape index (κ3) is 6.28. The predicted molar refractivity (Wildman–Crippen MR) is 103 cm³/mol. The molecule has 1 heterocycles. The summed E-state index contributed by atoms with van der Waals surface area (Å²) in [7, 11) is 0. The molecule has 7 heteroatoms. The molecule has 0 atom stereocenters. The summed E-state index contributed by atoms with van der Waals surface area (Å²) in [4.78, 5) is 36.0. The summed E-state index contributed by atoms with van der Waals surface area (Å²) in [6.07, 6.45) is 3.43. The number of thiophene rings is 1. The highest BCUT2D eigenvalue weighted by atomic mass is 35.5. The van der Waals surface area contributed by atoms with Crippen LogP contribution in [0.2, 0.25) is 4.34 Å². The van der Waals surface area contributed by atoms with Crippen molar-refractivity contribution >= 4 is 46.3 Å². The number of hydrogen-bond donors (Lipinski definition) is 1. The van der Waals surface area contributed by atoms with E-state index >= 15 is 0 Å². The number of rotatable bonds is 9. The first-order chi connectivity index (χ1) is 12.5. The van der Waals surface area contributed by atoms with Crippen LogP contribution in [0.1, 0.15) is 52.6 Å². The van der Waals surface area contributed by atoms with Gasteiger partial charge in [0.2, 0.25) is 5.91 Å². The predicted octanol–water partition coefficient (Wildman–Crippen LogP) is 4.96. The molecule has 0 aliphatic heterocycles. The van der Waals surface area contributed by atoms with E-state index in [4.69, 9.17) is 16.3 Å². The Morgan fingerprint density at radius 2 is 1.81 bits per heavy atom. The van der Waals surface area contributed by atoms with Crippen LogP contribution in [0.15, 0.2) is 36.4 Å². The number of Topliss-reactive ketones (excluding diaryl/α,β-unsaturated/α-hetero) is 1. The third-order valence-corrected chi connectivity index (χ3v) is 4.82. The van der Waals surface area contributed by atoms with Crippen molar-refractivity contribution in [2.45, 2.75) is 32.6 Å². The number of esters is 1. The van der Waals surface area contributed by atoms with Crippen molar-refractivity contribution in [2.24, 2.45) is 0 Å². The number of amides is 1. The molecular weight excluding hydrogens is 374 g/mol. The smallest absolute Gasteiger partial charge is 0.348 e. The number of benzene rings is 1. The largest absolute Gasteiger partial charge is 0.453 e. The van der Waals surface area contributed by atoms with Crippen LogP contribution in [0.4, 0.5) is 5.69 Å². The molecule has 1 aromatic heterocycles. The Morgan fingerprint density at radius 3 is 2.42 bits per heavy atom. The number of ketones is 1. The maximum Gasteiger partial charge on any atom is 0.348 e. The van der Waals surface area contributed by atoms with E-state index in [0.717, 1.165) is 30.6 Å². The van der Waals surface area contributed by atoms with Gasteiger partial charge in [-0.1, -0.05) is 31.4 Å². The minimum absolute atomic E-state index is 0.0407. The van der Waals surface area contributed by atoms with Crippen molar-refractivity contribution in [3.05, 3.63) is 51.2 Å². The topological polar surface area (TPSA) is 72.5 Å². The van der Waals surface area contributed by atoms with Gasteiger partial charge in [-0.25, -0.2) is 4.79 Å². The van der Waals surface area contributed by atoms with Crippen LogP contribution in [0.3, 0.4) is 0 Å². The van der Waals surface area contributed by atoms with Gasteiger partial charge < -0.3 is 10.1 Å². The van der Waals surface area contributed by atoms with E-state index in [1.165, 1.54) is 0 Å². The van der Waals surface area contributed by atoms with Crippen LogP contribution < -0.4 is 5.32 Å². The Kier molecular flexibility index (Phi) is 7.81. The van der Waals surface area contributed by atoms with Crippen LogP contribution in [0.5, 0.6) is 0 Å². The Labute approximate surface area is 161 Å². The average molecular weight is 394 g/mol. The molecule has 1 amide bonds. The average Bonchev–Trinajstić information content (AvgIpc) is 3.07. The molecule has 0 saturated heterocycles. The molecule has 2 rings (SSSR count). The van der Waals surface area contributed by atoms with E-state index in [0.29, 0.717) is 26.9 Å². The maximum absolute atomic E-state index is 12.1. The van der Waals surface area contributed by atoms with E-state index in [1.807, 2.05) is 0 Å². The van der Waals surface area contributed by atoms with Crippen LogP contribution in [0.25, 0.3) is 0 Å². The van der Waals surface area contributed by atoms with Gasteiger partial charge in [0.1, 0.15) is 4.88 Å². The van der Waals surface area contributed by atoms with Crippen LogP contribution >= 0.6 is 22.9 Å². The Bertz CT molecular complexity index is 770. The zero-order valence-corrected chi connectivity index (χ0v) is 16.0. The molecular formula is C19H20ClNO4S. The van der Waals surface area contributed by atoms with Crippen LogP contribution in [-0.2, 0) is 9.53 Å². The van der Waals surface area contributed by atoms with Gasteiger partial charge in [-0.3, -0.25) is 9.59 Å². The molecule has 1 N–H and O–H groups in total. The highest BCUT2D eigenvalue weighted by Crippen LogP contribution is 2.22. The van der Waals surface area contributed by atoms with E-state index in [9.17, 15) is 14.4 Å². The monoisotopic (exact) mass is 393 g/mol. The normalized spacial score (nSPS) is 10.4. The van der Waals surface area contributed by atoms with Gasteiger partial charge in [0.25, 0.3) is 0 Å². The first-order valence-corrected chi connectivity index (χ1v) is 9.54. The Morgan fingerprint density at radius 1 is 1.08 bits per heavy atom. The van der Waals surface area contributed by atoms with Crippen molar-refractivity contribution in [2.75, 3.05) is 11.9 Å². The number of carbonyl (C=O) groups excluding carboxylic acids is 3. The van der Waals surface area contributed by atoms with Crippen LogP contribution in [-0.4, -0.2) is 24.3 Å². The van der Waals surface area contributed by atoms with Gasteiger partial charge in [0, 0.05) is 17.7 Å². The Hall–Kier alpha value is -2.18. The maximum atomic E-state index is 12.1. The number of anilines is 1. The van der Waals surface area contributed by atoms with Gasteiger partial charge >= 0.3 is 5.97 Å². The molecule has 0 saturated carbocycles. The standard InChI is InChI=1S/C19H20ClNO4S/c1-2-3-4-5-18(23)21-14-8-6-13(7-9-14)15(22)12-25-19(24)16-10-11-17(20)26-16/h6-11H,2-5,12H2,1H3,(H,21,23). The second kappa shape index (κ2) is 10.1. The molecule has 2 aromatic rings. The zero-order valence-electron chi connectivity index (χ0n) is 14.4. The third-order valence-electron chi connectivity index (χ3n) is 3.61. The lowest BCUT2D eigenvalue weighted by Gasteiger charge is -2.07. The fourth-order valence-corrected chi connectivity index (χ4v) is 3.14. The minimum atomic E-state index is -0.578. The number of hydrogen-bond acceptors (Lipinski definition) is 5. The number of ether oxygens (including phenoxy) is 1. The summed E-state index contributed by atoms with van der Waals surface area (Å²) in [5.41, 5.74) is 1.04. The molecule has 26 heavy (non-hydrogen) atoms. The molecule has 0 aliphatic carbocycles. The summed E-state index contributed by atoms with van der Waals surface area (Å²) in [6.45, 7) is 1.73. The quantitative estimate of drug-likeness (QED) is 0.371. The van der Waals surface area contributed by atoms with Gasteiger partial charge in [-0.2, -0.15) is 0 Å². The van der Waals surface area contributed by atoms with E-state index in [1.54, 1.807) is 36.4 Å². The van der Waals surface area contributed by atoms with Gasteiger partial charge in [-0.15, -0.1) is 11.3 Å². The lowest BCUT2D eigenvalue weighted by atomic mass is 10.1. The van der Waals surface area contributed by atoms with Crippen molar-refractivity contribution in [3.8, 4) is 0 Å². The van der Waals surface area contributed by atoms with E-state index in [2.05, 4.69) is 12.2 Å². The second-order valence-electron chi connectivity index (χ2n) is 5.69.